The molecule has 2 heterocycles. The van der Waals surface area contributed by atoms with Crippen LogP contribution in [-0.4, -0.2) is 52.0 Å². The molecular weight excluding hydrogens is 326 g/mol. The number of carbonyl (C=O) groups excluding carboxylic acids is 1. The molecule has 1 saturated heterocycles. The Bertz CT molecular complexity index is 725. The van der Waals surface area contributed by atoms with Crippen molar-refractivity contribution in [2.24, 2.45) is 0 Å². The predicted molar refractivity (Wildman–Crippen MR) is 102 cm³/mol. The summed E-state index contributed by atoms with van der Waals surface area (Å²) in [6.45, 7) is 5.69. The van der Waals surface area contributed by atoms with E-state index in [1.54, 1.807) is 6.07 Å². The third-order valence-electron chi connectivity index (χ3n) is 4.89. The van der Waals surface area contributed by atoms with Crippen LogP contribution in [-0.2, 0) is 17.8 Å². The molecule has 138 valence electrons. The van der Waals surface area contributed by atoms with Crippen molar-refractivity contribution in [3.8, 4) is 5.75 Å². The number of benzene rings is 1. The fourth-order valence-electron chi connectivity index (χ4n) is 3.33. The molecule has 0 radical (unpaired) electrons. The van der Waals surface area contributed by atoms with Crippen molar-refractivity contribution >= 4 is 5.91 Å². The Morgan fingerprint density at radius 2 is 1.81 bits per heavy atom. The fourth-order valence-corrected chi connectivity index (χ4v) is 3.33. The first kappa shape index (κ1) is 18.4. The van der Waals surface area contributed by atoms with Crippen LogP contribution in [0.15, 0.2) is 42.5 Å². The summed E-state index contributed by atoms with van der Waals surface area (Å²) in [4.78, 5) is 21.0. The lowest BCUT2D eigenvalue weighted by molar-refractivity contribution is -0.133. The normalized spacial score (nSPS) is 15.2. The van der Waals surface area contributed by atoms with Gasteiger partial charge in [0.2, 0.25) is 5.91 Å². The van der Waals surface area contributed by atoms with E-state index in [1.165, 1.54) is 5.56 Å². The van der Waals surface area contributed by atoms with Crippen molar-refractivity contribution in [1.29, 1.82) is 0 Å². The molecule has 0 bridgehead atoms. The van der Waals surface area contributed by atoms with Crippen LogP contribution < -0.4 is 0 Å². The molecule has 1 aliphatic rings. The Morgan fingerprint density at radius 1 is 1.08 bits per heavy atom. The quantitative estimate of drug-likeness (QED) is 0.868. The zero-order chi connectivity index (χ0) is 18.4. The maximum absolute atomic E-state index is 12.4. The summed E-state index contributed by atoms with van der Waals surface area (Å²) in [6, 6.07) is 13.8. The second kappa shape index (κ2) is 8.81. The van der Waals surface area contributed by atoms with Crippen LogP contribution in [0.5, 0.6) is 5.75 Å². The minimum atomic E-state index is 0.245. The lowest BCUT2D eigenvalue weighted by Gasteiger charge is -2.34. The summed E-state index contributed by atoms with van der Waals surface area (Å²) in [5, 5.41) is 9.94. The third kappa shape index (κ3) is 5.05. The van der Waals surface area contributed by atoms with Gasteiger partial charge in [0.05, 0.1) is 5.69 Å². The molecule has 26 heavy (non-hydrogen) atoms. The van der Waals surface area contributed by atoms with Crippen LogP contribution in [0.25, 0.3) is 0 Å². The molecule has 1 N–H and O–H groups in total. The van der Waals surface area contributed by atoms with Gasteiger partial charge in [-0.3, -0.25) is 14.7 Å². The number of carbonyl (C=O) groups is 1. The average Bonchev–Trinajstić information content (AvgIpc) is 2.66. The highest BCUT2D eigenvalue weighted by Gasteiger charge is 2.21. The van der Waals surface area contributed by atoms with E-state index >= 15 is 0 Å². The number of piperazine rings is 1. The minimum Gasteiger partial charge on any atom is -0.506 e. The van der Waals surface area contributed by atoms with Crippen LogP contribution in [0, 0.1) is 6.92 Å². The smallest absolute Gasteiger partial charge is 0.222 e. The van der Waals surface area contributed by atoms with Crippen LogP contribution in [0.4, 0.5) is 0 Å². The molecule has 0 spiro atoms. The summed E-state index contributed by atoms with van der Waals surface area (Å²) in [5.74, 6) is 0.493. The largest absolute Gasteiger partial charge is 0.506 e. The van der Waals surface area contributed by atoms with Gasteiger partial charge in [-0.05, 0) is 37.5 Å². The van der Waals surface area contributed by atoms with Gasteiger partial charge in [0.15, 0.2) is 0 Å². The minimum absolute atomic E-state index is 0.245. The van der Waals surface area contributed by atoms with E-state index in [0.717, 1.165) is 44.7 Å². The molecule has 1 aromatic heterocycles. The number of amides is 1. The first-order valence-electron chi connectivity index (χ1n) is 9.31. The first-order chi connectivity index (χ1) is 12.6. The number of nitrogens with zero attached hydrogens (tertiary/aromatic N) is 3. The Balaban J connectivity index is 1.41. The number of aromatic nitrogens is 1. The molecule has 0 aliphatic carbocycles. The number of hydrogen-bond acceptors (Lipinski definition) is 4. The fraction of sp³-hybridized carbons (Fsp3) is 0.429. The first-order valence-corrected chi connectivity index (χ1v) is 9.31. The van der Waals surface area contributed by atoms with Crippen molar-refractivity contribution in [1.82, 2.24) is 14.8 Å². The molecule has 0 unspecified atom stereocenters. The summed E-state index contributed by atoms with van der Waals surface area (Å²) in [5.41, 5.74) is 2.91. The second-order valence-corrected chi connectivity index (χ2v) is 6.91. The highest BCUT2D eigenvalue weighted by Crippen LogP contribution is 2.18. The number of aromatic hydroxyl groups is 1. The Kier molecular flexibility index (Phi) is 6.23. The standard InChI is InChI=1S/C21H27N3O2/c1-17-10-11-20(25)19(22-17)16-23-12-14-24(15-13-23)21(26)9-5-8-18-6-3-2-4-7-18/h2-4,6-7,10-11,25H,5,8-9,12-16H2,1H3. The molecule has 1 fully saturated rings. The molecule has 1 amide bonds. The Labute approximate surface area is 155 Å². The van der Waals surface area contributed by atoms with E-state index in [2.05, 4.69) is 22.0 Å². The summed E-state index contributed by atoms with van der Waals surface area (Å²) >= 11 is 0. The molecule has 0 atom stereocenters. The van der Waals surface area contributed by atoms with Gasteiger partial charge < -0.3 is 10.0 Å². The predicted octanol–water partition coefficient (Wildman–Crippen LogP) is 2.76. The zero-order valence-corrected chi connectivity index (χ0v) is 15.4. The lowest BCUT2D eigenvalue weighted by atomic mass is 10.1. The molecule has 1 aliphatic heterocycles. The molecule has 1 aromatic carbocycles. The molecule has 5 nitrogen and oxygen atoms in total. The van der Waals surface area contributed by atoms with Crippen LogP contribution in [0.2, 0.25) is 0 Å². The van der Waals surface area contributed by atoms with Gasteiger partial charge in [-0.1, -0.05) is 30.3 Å². The molecule has 2 aromatic rings. The van der Waals surface area contributed by atoms with Crippen molar-refractivity contribution in [3.05, 3.63) is 59.4 Å². The Morgan fingerprint density at radius 3 is 2.54 bits per heavy atom. The van der Waals surface area contributed by atoms with Gasteiger partial charge in [0.25, 0.3) is 0 Å². The summed E-state index contributed by atoms with van der Waals surface area (Å²) in [7, 11) is 0. The third-order valence-corrected chi connectivity index (χ3v) is 4.89. The van der Waals surface area contributed by atoms with Gasteiger partial charge in [0.1, 0.15) is 5.75 Å². The molecule has 3 rings (SSSR count). The van der Waals surface area contributed by atoms with E-state index in [-0.39, 0.29) is 11.7 Å². The zero-order valence-electron chi connectivity index (χ0n) is 15.4. The van der Waals surface area contributed by atoms with E-state index < -0.39 is 0 Å². The number of pyridine rings is 1. The van der Waals surface area contributed by atoms with Crippen molar-refractivity contribution in [3.63, 3.8) is 0 Å². The SMILES string of the molecule is Cc1ccc(O)c(CN2CCN(C(=O)CCCc3ccccc3)CC2)n1. The van der Waals surface area contributed by atoms with Crippen LogP contribution >= 0.6 is 0 Å². The van der Waals surface area contributed by atoms with Gasteiger partial charge in [-0.2, -0.15) is 0 Å². The molecule has 5 heteroatoms. The highest BCUT2D eigenvalue weighted by molar-refractivity contribution is 5.76. The van der Waals surface area contributed by atoms with E-state index in [1.807, 2.05) is 36.1 Å². The van der Waals surface area contributed by atoms with E-state index in [9.17, 15) is 9.90 Å². The number of aryl methyl sites for hydroxylation is 2. The number of rotatable bonds is 6. The van der Waals surface area contributed by atoms with Crippen LogP contribution in [0.3, 0.4) is 0 Å². The monoisotopic (exact) mass is 353 g/mol. The summed E-state index contributed by atoms with van der Waals surface area (Å²) in [6.07, 6.45) is 2.45. The molecule has 0 saturated carbocycles. The van der Waals surface area contributed by atoms with Gasteiger partial charge in [0, 0.05) is 44.8 Å². The van der Waals surface area contributed by atoms with Crippen molar-refractivity contribution in [2.45, 2.75) is 32.7 Å². The maximum Gasteiger partial charge on any atom is 0.222 e. The van der Waals surface area contributed by atoms with Crippen molar-refractivity contribution < 1.29 is 9.90 Å². The Hall–Kier alpha value is -2.40. The second-order valence-electron chi connectivity index (χ2n) is 6.91. The van der Waals surface area contributed by atoms with E-state index in [0.29, 0.717) is 18.7 Å². The van der Waals surface area contributed by atoms with E-state index in [4.69, 9.17) is 0 Å². The van der Waals surface area contributed by atoms with Gasteiger partial charge >= 0.3 is 0 Å². The summed E-state index contributed by atoms with van der Waals surface area (Å²) < 4.78 is 0. The number of hydrogen-bond donors (Lipinski definition) is 1. The van der Waals surface area contributed by atoms with Crippen molar-refractivity contribution in [2.75, 3.05) is 26.2 Å². The average molecular weight is 353 g/mol. The maximum atomic E-state index is 12.4. The highest BCUT2D eigenvalue weighted by atomic mass is 16.3. The van der Waals surface area contributed by atoms with Gasteiger partial charge in [-0.25, -0.2) is 0 Å². The van der Waals surface area contributed by atoms with Gasteiger partial charge in [-0.15, -0.1) is 0 Å². The molecular formula is C21H27N3O2. The lowest BCUT2D eigenvalue weighted by Crippen LogP contribution is -2.48. The van der Waals surface area contributed by atoms with Crippen LogP contribution in [0.1, 0.15) is 29.8 Å². The topological polar surface area (TPSA) is 56.7 Å².